The van der Waals surface area contributed by atoms with Gasteiger partial charge in [-0.1, -0.05) is 52.0 Å². The fourth-order valence-electron chi connectivity index (χ4n) is 5.36. The Morgan fingerprint density at radius 3 is 2.04 bits per heavy atom. The molecule has 134 valence electrons. The normalized spacial score (nSPS) is 31.1. The molecule has 0 saturated heterocycles. The SMILES string of the molecule is CCCc1ccc(C2CCC([C@H]3CC[C@H](CCC)CC3)CC2)nc1. The highest BCUT2D eigenvalue weighted by molar-refractivity contribution is 5.17. The highest BCUT2D eigenvalue weighted by atomic mass is 14.7. The molecule has 2 saturated carbocycles. The quantitative estimate of drug-likeness (QED) is 0.553. The van der Waals surface area contributed by atoms with Gasteiger partial charge in [-0.3, -0.25) is 4.98 Å². The molecule has 0 unspecified atom stereocenters. The van der Waals surface area contributed by atoms with Crippen LogP contribution in [0.1, 0.15) is 102 Å². The highest BCUT2D eigenvalue weighted by Gasteiger charge is 2.31. The molecular formula is C23H37N. The maximum atomic E-state index is 4.79. The molecule has 2 aliphatic carbocycles. The van der Waals surface area contributed by atoms with Gasteiger partial charge in [-0.2, -0.15) is 0 Å². The van der Waals surface area contributed by atoms with Crippen molar-refractivity contribution in [3.05, 3.63) is 29.6 Å². The van der Waals surface area contributed by atoms with Crippen molar-refractivity contribution in [1.82, 2.24) is 4.98 Å². The molecule has 0 N–H and O–H groups in total. The van der Waals surface area contributed by atoms with Gasteiger partial charge in [0.15, 0.2) is 0 Å². The van der Waals surface area contributed by atoms with E-state index in [0.717, 1.165) is 23.7 Å². The summed E-state index contributed by atoms with van der Waals surface area (Å²) in [6, 6.07) is 4.62. The Morgan fingerprint density at radius 2 is 1.50 bits per heavy atom. The first-order valence-corrected chi connectivity index (χ1v) is 10.7. The van der Waals surface area contributed by atoms with Gasteiger partial charge in [-0.25, -0.2) is 0 Å². The van der Waals surface area contributed by atoms with Gasteiger partial charge in [0.05, 0.1) is 0 Å². The second-order valence-electron chi connectivity index (χ2n) is 8.52. The summed E-state index contributed by atoms with van der Waals surface area (Å²) >= 11 is 0. The van der Waals surface area contributed by atoms with E-state index >= 15 is 0 Å². The van der Waals surface area contributed by atoms with Crippen LogP contribution >= 0.6 is 0 Å². The van der Waals surface area contributed by atoms with E-state index in [9.17, 15) is 0 Å². The third-order valence-electron chi connectivity index (χ3n) is 6.83. The van der Waals surface area contributed by atoms with E-state index in [2.05, 4.69) is 32.2 Å². The minimum atomic E-state index is 0.730. The second-order valence-corrected chi connectivity index (χ2v) is 8.52. The molecule has 0 radical (unpaired) electrons. The number of aryl methyl sites for hydroxylation is 1. The van der Waals surface area contributed by atoms with Crippen LogP contribution in [0.4, 0.5) is 0 Å². The molecule has 1 aromatic rings. The Labute approximate surface area is 149 Å². The fraction of sp³-hybridized carbons (Fsp3) is 0.783. The van der Waals surface area contributed by atoms with Gasteiger partial charge in [0.1, 0.15) is 0 Å². The van der Waals surface area contributed by atoms with Crippen LogP contribution in [0, 0.1) is 17.8 Å². The molecule has 3 rings (SSSR count). The Morgan fingerprint density at radius 1 is 0.833 bits per heavy atom. The van der Waals surface area contributed by atoms with Crippen LogP contribution in [-0.4, -0.2) is 4.98 Å². The summed E-state index contributed by atoms with van der Waals surface area (Å²) in [6.45, 7) is 4.58. The van der Waals surface area contributed by atoms with E-state index in [1.165, 1.54) is 88.3 Å². The summed E-state index contributed by atoms with van der Waals surface area (Å²) in [5.41, 5.74) is 2.76. The third kappa shape index (κ3) is 4.61. The smallest absolute Gasteiger partial charge is 0.0434 e. The van der Waals surface area contributed by atoms with Gasteiger partial charge in [0, 0.05) is 17.8 Å². The van der Waals surface area contributed by atoms with E-state index in [-0.39, 0.29) is 0 Å². The van der Waals surface area contributed by atoms with Gasteiger partial charge >= 0.3 is 0 Å². The van der Waals surface area contributed by atoms with Crippen molar-refractivity contribution in [2.45, 2.75) is 96.8 Å². The van der Waals surface area contributed by atoms with Crippen LogP contribution in [-0.2, 0) is 6.42 Å². The van der Waals surface area contributed by atoms with Crippen molar-refractivity contribution in [2.24, 2.45) is 17.8 Å². The zero-order valence-corrected chi connectivity index (χ0v) is 16.0. The lowest BCUT2D eigenvalue weighted by atomic mass is 9.68. The van der Waals surface area contributed by atoms with Gasteiger partial charge in [-0.05, 0) is 74.3 Å². The standard InChI is InChI=1S/C23H37N/c1-3-5-18-7-10-20(11-8-18)21-12-14-22(15-13-21)23-16-9-19(6-4-2)17-24-23/h9,16-18,20-22H,3-8,10-15H2,1-2H3/t18-,20-,21?,22?. The summed E-state index contributed by atoms with van der Waals surface area (Å²) in [4.78, 5) is 4.79. The van der Waals surface area contributed by atoms with E-state index < -0.39 is 0 Å². The largest absolute Gasteiger partial charge is 0.261 e. The summed E-state index contributed by atoms with van der Waals surface area (Å²) in [5.74, 6) is 3.84. The van der Waals surface area contributed by atoms with Gasteiger partial charge in [-0.15, -0.1) is 0 Å². The predicted octanol–water partition coefficient (Wildman–Crippen LogP) is 6.91. The lowest BCUT2D eigenvalue weighted by molar-refractivity contribution is 0.156. The molecule has 1 heterocycles. The van der Waals surface area contributed by atoms with Crippen LogP contribution in [0.15, 0.2) is 18.3 Å². The van der Waals surface area contributed by atoms with E-state index in [1.54, 1.807) is 0 Å². The molecule has 2 aliphatic rings. The number of hydrogen-bond donors (Lipinski definition) is 0. The van der Waals surface area contributed by atoms with Crippen LogP contribution in [0.5, 0.6) is 0 Å². The molecule has 0 atom stereocenters. The van der Waals surface area contributed by atoms with Gasteiger partial charge in [0.2, 0.25) is 0 Å². The maximum absolute atomic E-state index is 4.79. The summed E-state index contributed by atoms with van der Waals surface area (Å²) in [6.07, 6.45) is 19.1. The minimum Gasteiger partial charge on any atom is -0.261 e. The first kappa shape index (κ1) is 18.0. The number of aromatic nitrogens is 1. The summed E-state index contributed by atoms with van der Waals surface area (Å²) in [7, 11) is 0. The number of rotatable bonds is 6. The van der Waals surface area contributed by atoms with Crippen molar-refractivity contribution in [2.75, 3.05) is 0 Å². The Hall–Kier alpha value is -0.850. The number of hydrogen-bond acceptors (Lipinski definition) is 1. The molecule has 0 bridgehead atoms. The molecule has 1 heteroatoms. The molecule has 0 aromatic carbocycles. The molecule has 2 fully saturated rings. The molecular weight excluding hydrogens is 290 g/mol. The Kier molecular flexibility index (Phi) is 6.75. The van der Waals surface area contributed by atoms with Crippen molar-refractivity contribution in [1.29, 1.82) is 0 Å². The zero-order chi connectivity index (χ0) is 16.8. The zero-order valence-electron chi connectivity index (χ0n) is 16.0. The average Bonchev–Trinajstić information content (AvgIpc) is 2.64. The van der Waals surface area contributed by atoms with Crippen LogP contribution in [0.2, 0.25) is 0 Å². The predicted molar refractivity (Wildman–Crippen MR) is 103 cm³/mol. The van der Waals surface area contributed by atoms with E-state index in [0.29, 0.717) is 0 Å². The van der Waals surface area contributed by atoms with Crippen molar-refractivity contribution < 1.29 is 0 Å². The maximum Gasteiger partial charge on any atom is 0.0434 e. The first-order chi connectivity index (χ1) is 11.8. The molecule has 0 amide bonds. The third-order valence-corrected chi connectivity index (χ3v) is 6.83. The lowest BCUT2D eigenvalue weighted by Gasteiger charge is -2.37. The van der Waals surface area contributed by atoms with Crippen molar-refractivity contribution >= 4 is 0 Å². The highest BCUT2D eigenvalue weighted by Crippen LogP contribution is 2.44. The topological polar surface area (TPSA) is 12.9 Å². The van der Waals surface area contributed by atoms with Crippen molar-refractivity contribution in [3.63, 3.8) is 0 Å². The van der Waals surface area contributed by atoms with Gasteiger partial charge < -0.3 is 0 Å². The average molecular weight is 328 g/mol. The summed E-state index contributed by atoms with van der Waals surface area (Å²) < 4.78 is 0. The van der Waals surface area contributed by atoms with Crippen LogP contribution < -0.4 is 0 Å². The first-order valence-electron chi connectivity index (χ1n) is 10.7. The molecule has 24 heavy (non-hydrogen) atoms. The molecule has 1 nitrogen and oxygen atoms in total. The Bertz CT molecular complexity index is 461. The Balaban J connectivity index is 1.45. The lowest BCUT2D eigenvalue weighted by Crippen LogP contribution is -2.25. The molecule has 0 spiro atoms. The molecule has 1 aromatic heterocycles. The number of pyridine rings is 1. The monoisotopic (exact) mass is 327 g/mol. The summed E-state index contributed by atoms with van der Waals surface area (Å²) in [5, 5.41) is 0. The van der Waals surface area contributed by atoms with Gasteiger partial charge in [0.25, 0.3) is 0 Å². The minimum absolute atomic E-state index is 0.730. The second kappa shape index (κ2) is 9.02. The van der Waals surface area contributed by atoms with E-state index in [1.807, 2.05) is 0 Å². The van der Waals surface area contributed by atoms with Crippen LogP contribution in [0.3, 0.4) is 0 Å². The van der Waals surface area contributed by atoms with Crippen LogP contribution in [0.25, 0.3) is 0 Å². The van der Waals surface area contributed by atoms with E-state index in [4.69, 9.17) is 4.98 Å². The fourth-order valence-corrected chi connectivity index (χ4v) is 5.36. The molecule has 0 aliphatic heterocycles. The van der Waals surface area contributed by atoms with Crippen molar-refractivity contribution in [3.8, 4) is 0 Å². The number of nitrogens with zero attached hydrogens (tertiary/aromatic N) is 1.